The monoisotopic (exact) mass is 610 g/mol. The molecule has 0 amide bonds. The van der Waals surface area contributed by atoms with Gasteiger partial charge in [0, 0.05) is 23.2 Å². The van der Waals surface area contributed by atoms with Crippen LogP contribution in [0.1, 0.15) is 58.9 Å². The van der Waals surface area contributed by atoms with Gasteiger partial charge in [0.25, 0.3) is 0 Å². The largest absolute Gasteiger partial charge is 2.00 e. The van der Waals surface area contributed by atoms with Crippen molar-refractivity contribution in [2.24, 2.45) is 0 Å². The van der Waals surface area contributed by atoms with Crippen LogP contribution in [0.4, 0.5) is 0 Å². The number of benzene rings is 2. The van der Waals surface area contributed by atoms with Crippen LogP contribution in [0, 0.1) is 27.7 Å². The van der Waals surface area contributed by atoms with Crippen LogP contribution in [0.5, 0.6) is 0 Å². The Kier molecular flexibility index (Phi) is 7.34. The van der Waals surface area contributed by atoms with Crippen LogP contribution < -0.4 is 9.97 Å². The fourth-order valence-electron chi connectivity index (χ4n) is 6.46. The molecule has 7 rings (SSSR count). The molecule has 43 heavy (non-hydrogen) atoms. The van der Waals surface area contributed by atoms with E-state index in [-0.39, 0.29) is 24.9 Å². The van der Waals surface area contributed by atoms with Crippen LogP contribution in [0.15, 0.2) is 72.8 Å². The minimum atomic E-state index is -0.0903. The van der Waals surface area contributed by atoms with Crippen molar-refractivity contribution < 1.29 is 19.5 Å². The summed E-state index contributed by atoms with van der Waals surface area (Å²) < 4.78 is 0. The summed E-state index contributed by atoms with van der Waals surface area (Å²) in [5, 5.41) is 0. The van der Waals surface area contributed by atoms with Gasteiger partial charge < -0.3 is 9.97 Å². The van der Waals surface area contributed by atoms with Gasteiger partial charge in [-0.05, 0) is 73.2 Å². The molecule has 0 aliphatic carbocycles. The average molecular weight is 612 g/mol. The third-order valence-electron chi connectivity index (χ3n) is 8.43. The Balaban J connectivity index is 0.00000329. The molecule has 2 aliphatic rings. The topological polar surface area (TPSA) is 54.0 Å². The van der Waals surface area contributed by atoms with Crippen LogP contribution in [-0.2, 0) is 31.3 Å². The molecule has 0 saturated heterocycles. The van der Waals surface area contributed by atoms with Crippen molar-refractivity contribution >= 4 is 34.2 Å². The van der Waals surface area contributed by atoms with Gasteiger partial charge in [-0.1, -0.05) is 97.8 Å². The maximum atomic E-state index is 5.31. The van der Waals surface area contributed by atoms with E-state index in [1.165, 1.54) is 27.8 Å². The molecule has 3 aromatic heterocycles. The number of aryl methyl sites for hydroxylation is 4. The van der Waals surface area contributed by atoms with Gasteiger partial charge in [-0.3, -0.25) is 4.98 Å². The SMILES string of the molecule is Cc1ccc(-c2c3nc(c(-c4c(C)cc(C)cc4C)c4ccc(cc5nc(cc6ccc2[n-]6)C(C)(C)C5)[n-]4)C=C3)cc1.[Zn+2]. The Morgan fingerprint density at radius 3 is 1.84 bits per heavy atom. The molecule has 4 nitrogen and oxygen atoms in total. The Morgan fingerprint density at radius 1 is 0.605 bits per heavy atom. The van der Waals surface area contributed by atoms with E-state index in [0.29, 0.717) is 0 Å². The maximum absolute atomic E-state index is 5.31. The minimum Gasteiger partial charge on any atom is -0.657 e. The van der Waals surface area contributed by atoms with Crippen molar-refractivity contribution in [2.75, 3.05) is 0 Å². The van der Waals surface area contributed by atoms with E-state index in [1.807, 2.05) is 0 Å². The van der Waals surface area contributed by atoms with Crippen LogP contribution in [-0.4, -0.2) is 9.97 Å². The minimum absolute atomic E-state index is 0. The van der Waals surface area contributed by atoms with E-state index in [1.54, 1.807) is 0 Å². The predicted molar refractivity (Wildman–Crippen MR) is 174 cm³/mol. The normalized spacial score (nSPS) is 13.6. The van der Waals surface area contributed by atoms with Crippen molar-refractivity contribution in [1.82, 2.24) is 19.9 Å². The van der Waals surface area contributed by atoms with E-state index < -0.39 is 0 Å². The van der Waals surface area contributed by atoms with Gasteiger partial charge in [-0.2, -0.15) is 0 Å². The molecule has 208 valence electrons. The summed E-state index contributed by atoms with van der Waals surface area (Å²) in [6.07, 6.45) is 5.12. The molecule has 0 N–H and O–H groups in total. The van der Waals surface area contributed by atoms with Crippen molar-refractivity contribution in [2.45, 2.75) is 53.4 Å². The van der Waals surface area contributed by atoms with Gasteiger partial charge in [0.15, 0.2) is 0 Å². The zero-order valence-electron chi connectivity index (χ0n) is 25.8. The summed E-state index contributed by atoms with van der Waals surface area (Å²) in [7, 11) is 0. The first-order valence-corrected chi connectivity index (χ1v) is 14.6. The molecule has 0 atom stereocenters. The van der Waals surface area contributed by atoms with E-state index in [9.17, 15) is 0 Å². The summed E-state index contributed by atoms with van der Waals surface area (Å²) in [5.74, 6) is 0. The van der Waals surface area contributed by atoms with E-state index in [4.69, 9.17) is 19.9 Å². The Labute approximate surface area is 266 Å². The van der Waals surface area contributed by atoms with E-state index in [0.717, 1.165) is 68.0 Å². The second-order valence-electron chi connectivity index (χ2n) is 12.5. The predicted octanol–water partition coefficient (Wildman–Crippen LogP) is 8.83. The fourth-order valence-corrected chi connectivity index (χ4v) is 6.46. The van der Waals surface area contributed by atoms with Crippen LogP contribution in [0.3, 0.4) is 0 Å². The Morgan fingerprint density at radius 2 is 1.19 bits per heavy atom. The van der Waals surface area contributed by atoms with Gasteiger partial charge in [-0.25, -0.2) is 4.98 Å². The summed E-state index contributed by atoms with van der Waals surface area (Å²) in [6.45, 7) is 13.1. The number of aromatic nitrogens is 4. The second-order valence-corrected chi connectivity index (χ2v) is 12.5. The first-order chi connectivity index (χ1) is 20.1. The molecule has 0 spiro atoms. The van der Waals surface area contributed by atoms with Gasteiger partial charge in [0.1, 0.15) is 0 Å². The number of fused-ring (bicyclic) bond motifs is 8. The molecular weight excluding hydrogens is 578 g/mol. The Hall–Kier alpha value is -4.08. The van der Waals surface area contributed by atoms with Gasteiger partial charge in [-0.15, -0.1) is 22.1 Å². The number of nitrogens with zero attached hydrogens (tertiary/aromatic N) is 4. The average Bonchev–Trinajstić information content (AvgIpc) is 3.72. The van der Waals surface area contributed by atoms with Crippen LogP contribution >= 0.6 is 0 Å². The molecule has 5 aromatic rings. The fraction of sp³-hybridized carbons (Fsp3) is 0.211. The number of hydrogen-bond donors (Lipinski definition) is 0. The van der Waals surface area contributed by atoms with Crippen LogP contribution in [0.25, 0.3) is 56.5 Å². The third kappa shape index (κ3) is 5.32. The quantitative estimate of drug-likeness (QED) is 0.184. The molecule has 0 saturated carbocycles. The van der Waals surface area contributed by atoms with Gasteiger partial charge >= 0.3 is 19.5 Å². The third-order valence-corrected chi connectivity index (χ3v) is 8.43. The second kappa shape index (κ2) is 10.9. The molecule has 0 unspecified atom stereocenters. The first kappa shape index (κ1) is 29.0. The van der Waals surface area contributed by atoms with Gasteiger partial charge in [0.05, 0.1) is 11.4 Å². The number of hydrogen-bond acceptors (Lipinski definition) is 2. The smallest absolute Gasteiger partial charge is 0.657 e. The molecule has 0 radical (unpaired) electrons. The van der Waals surface area contributed by atoms with Crippen LogP contribution in [0.2, 0.25) is 0 Å². The molecule has 5 heteroatoms. The van der Waals surface area contributed by atoms with E-state index in [2.05, 4.69) is 126 Å². The van der Waals surface area contributed by atoms with Crippen molar-refractivity contribution in [1.29, 1.82) is 0 Å². The number of rotatable bonds is 2. The molecule has 2 aromatic carbocycles. The zero-order chi connectivity index (χ0) is 29.2. The maximum Gasteiger partial charge on any atom is 2.00 e. The summed E-state index contributed by atoms with van der Waals surface area (Å²) in [5.41, 5.74) is 16.7. The molecule has 5 heterocycles. The van der Waals surface area contributed by atoms with Gasteiger partial charge in [0.2, 0.25) is 0 Å². The zero-order valence-corrected chi connectivity index (χ0v) is 28.8. The van der Waals surface area contributed by atoms with E-state index >= 15 is 0 Å². The Bertz CT molecular complexity index is 2050. The molecular formula is C38H34N4Zn. The standard InChI is InChI=1S/C38H34N4.Zn/c1-22-7-9-26(10-8-22)36-30-13-12-28(40-30)20-34-38(5,6)21-29(41-34)19-27-11-14-32(39-27)37(33-16-15-31(36)42-33)35-24(3)17-23(2)18-25(35)4;/h7-20H,21H2,1-6H3;/q-2;+2. The molecule has 2 aliphatic heterocycles. The summed E-state index contributed by atoms with van der Waals surface area (Å²) in [6, 6.07) is 25.8. The summed E-state index contributed by atoms with van der Waals surface area (Å²) in [4.78, 5) is 20.6. The van der Waals surface area contributed by atoms with Crippen molar-refractivity contribution in [3.8, 4) is 22.3 Å². The molecule has 8 bridgehead atoms. The summed E-state index contributed by atoms with van der Waals surface area (Å²) >= 11 is 0. The first-order valence-electron chi connectivity index (χ1n) is 14.6. The van der Waals surface area contributed by atoms with Crippen molar-refractivity contribution in [3.05, 3.63) is 118 Å². The molecule has 0 fully saturated rings. The van der Waals surface area contributed by atoms with Crippen molar-refractivity contribution in [3.63, 3.8) is 0 Å².